The Bertz CT molecular complexity index is 556. The van der Waals surface area contributed by atoms with Gasteiger partial charge in [-0.15, -0.1) is 0 Å². The van der Waals surface area contributed by atoms with Gasteiger partial charge in [-0.2, -0.15) is 5.10 Å². The Balaban J connectivity index is 2.18. The third-order valence-corrected chi connectivity index (χ3v) is 2.55. The molecule has 18 heavy (non-hydrogen) atoms. The van der Waals surface area contributed by atoms with E-state index in [0.29, 0.717) is 11.6 Å². The molecule has 0 bridgehead atoms. The van der Waals surface area contributed by atoms with Crippen LogP contribution in [0.5, 0.6) is 0 Å². The van der Waals surface area contributed by atoms with E-state index in [4.69, 9.17) is 4.52 Å². The number of aryl methyl sites for hydroxylation is 3. The van der Waals surface area contributed by atoms with Crippen molar-refractivity contribution in [3.05, 3.63) is 29.3 Å². The number of anilines is 1. The number of aromatic nitrogens is 3. The molecule has 0 spiro atoms. The number of nitrogens with one attached hydrogen (secondary N) is 1. The highest BCUT2D eigenvalue weighted by molar-refractivity contribution is 6.02. The Morgan fingerprint density at radius 2 is 2.28 bits per heavy atom. The van der Waals surface area contributed by atoms with Crippen molar-refractivity contribution in [2.75, 3.05) is 5.32 Å². The lowest BCUT2D eigenvalue weighted by molar-refractivity contribution is 0.101. The van der Waals surface area contributed by atoms with Crippen molar-refractivity contribution in [2.24, 2.45) is 0 Å². The Hall–Kier alpha value is -2.11. The summed E-state index contributed by atoms with van der Waals surface area (Å²) >= 11 is 0. The highest BCUT2D eigenvalue weighted by Gasteiger charge is 2.15. The highest BCUT2D eigenvalue weighted by atomic mass is 16.5. The molecule has 0 aromatic carbocycles. The van der Waals surface area contributed by atoms with Gasteiger partial charge in [-0.3, -0.25) is 4.79 Å². The number of hydrogen-bond donors (Lipinski definition) is 1. The Morgan fingerprint density at radius 3 is 2.89 bits per heavy atom. The lowest BCUT2D eigenvalue weighted by atomic mass is 10.3. The van der Waals surface area contributed by atoms with Crippen LogP contribution in [0.1, 0.15) is 35.2 Å². The Labute approximate surface area is 105 Å². The van der Waals surface area contributed by atoms with Gasteiger partial charge in [-0.25, -0.2) is 4.68 Å². The first-order chi connectivity index (χ1) is 8.61. The van der Waals surface area contributed by atoms with Crippen molar-refractivity contribution in [1.82, 2.24) is 14.9 Å². The maximum absolute atomic E-state index is 12.0. The predicted molar refractivity (Wildman–Crippen MR) is 66.4 cm³/mol. The van der Waals surface area contributed by atoms with E-state index in [1.165, 1.54) is 0 Å². The molecule has 1 N–H and O–H groups in total. The van der Waals surface area contributed by atoms with Crippen LogP contribution in [0.4, 0.5) is 5.82 Å². The molecule has 0 aliphatic carbocycles. The van der Waals surface area contributed by atoms with Crippen molar-refractivity contribution in [3.63, 3.8) is 0 Å². The van der Waals surface area contributed by atoms with Crippen LogP contribution >= 0.6 is 0 Å². The van der Waals surface area contributed by atoms with Crippen molar-refractivity contribution in [1.29, 1.82) is 0 Å². The smallest absolute Gasteiger partial charge is 0.279 e. The van der Waals surface area contributed by atoms with Crippen LogP contribution in [0.15, 0.2) is 16.8 Å². The molecule has 0 saturated carbocycles. The number of carbonyl (C=O) groups is 1. The Morgan fingerprint density at radius 1 is 1.50 bits per heavy atom. The minimum atomic E-state index is -0.284. The lowest BCUT2D eigenvalue weighted by Gasteiger charge is -2.07. The van der Waals surface area contributed by atoms with Crippen molar-refractivity contribution < 1.29 is 9.32 Å². The maximum atomic E-state index is 12.0. The molecule has 0 fully saturated rings. The van der Waals surface area contributed by atoms with E-state index < -0.39 is 0 Å². The fourth-order valence-electron chi connectivity index (χ4n) is 1.67. The molecule has 2 rings (SSSR count). The molecule has 2 aromatic rings. The summed E-state index contributed by atoms with van der Waals surface area (Å²) in [4.78, 5) is 12.0. The first-order valence-corrected chi connectivity index (χ1v) is 5.89. The highest BCUT2D eigenvalue weighted by Crippen LogP contribution is 2.15. The summed E-state index contributed by atoms with van der Waals surface area (Å²) in [5.41, 5.74) is 1.20. The van der Waals surface area contributed by atoms with E-state index in [-0.39, 0.29) is 11.6 Å². The fraction of sp³-hybridized carbons (Fsp3) is 0.417. The Kier molecular flexibility index (Phi) is 3.45. The summed E-state index contributed by atoms with van der Waals surface area (Å²) in [7, 11) is 0. The quantitative estimate of drug-likeness (QED) is 0.899. The minimum absolute atomic E-state index is 0.274. The number of hydrogen-bond acceptors (Lipinski definition) is 4. The molecule has 6 heteroatoms. The summed E-state index contributed by atoms with van der Waals surface area (Å²) < 4.78 is 6.66. The zero-order chi connectivity index (χ0) is 13.1. The second-order valence-electron chi connectivity index (χ2n) is 4.18. The van der Waals surface area contributed by atoms with Crippen molar-refractivity contribution in [3.8, 4) is 0 Å². The van der Waals surface area contributed by atoms with Crippen molar-refractivity contribution in [2.45, 2.75) is 33.7 Å². The average molecular weight is 248 g/mol. The first-order valence-electron chi connectivity index (χ1n) is 5.89. The van der Waals surface area contributed by atoms with Gasteiger partial charge in [0.25, 0.3) is 5.91 Å². The normalized spacial score (nSPS) is 10.6. The van der Waals surface area contributed by atoms with Crippen LogP contribution in [-0.4, -0.2) is 20.8 Å². The molecular formula is C12H16N4O2. The SMILES string of the molecule is CCCn1ncc(C)c1NC(=O)c1cc(C)on1. The first kappa shape index (κ1) is 12.3. The zero-order valence-electron chi connectivity index (χ0n) is 10.7. The predicted octanol–water partition coefficient (Wildman–Crippen LogP) is 2.15. The number of carbonyl (C=O) groups excluding carboxylic acids is 1. The van der Waals surface area contributed by atoms with Crippen LogP contribution in [0, 0.1) is 13.8 Å². The molecular weight excluding hydrogens is 232 g/mol. The van der Waals surface area contributed by atoms with E-state index in [1.807, 2.05) is 6.92 Å². The number of rotatable bonds is 4. The van der Waals surface area contributed by atoms with Crippen molar-refractivity contribution >= 4 is 11.7 Å². The summed E-state index contributed by atoms with van der Waals surface area (Å²) in [5.74, 6) is 1.04. The molecule has 96 valence electrons. The van der Waals surface area contributed by atoms with E-state index in [2.05, 4.69) is 22.5 Å². The standard InChI is InChI=1S/C12H16N4O2/c1-4-5-16-11(8(2)7-13-16)14-12(17)10-6-9(3)18-15-10/h6-7H,4-5H2,1-3H3,(H,14,17). The number of nitrogens with zero attached hydrogens (tertiary/aromatic N) is 3. The second-order valence-corrected chi connectivity index (χ2v) is 4.18. The van der Waals surface area contributed by atoms with Crippen LogP contribution in [-0.2, 0) is 6.54 Å². The second kappa shape index (κ2) is 5.03. The van der Waals surface area contributed by atoms with Crippen LogP contribution in [0.3, 0.4) is 0 Å². The molecule has 0 aliphatic heterocycles. The molecule has 0 radical (unpaired) electrons. The van der Waals surface area contributed by atoms with E-state index >= 15 is 0 Å². The van der Waals surface area contributed by atoms with Gasteiger partial charge in [0.1, 0.15) is 11.6 Å². The molecule has 6 nitrogen and oxygen atoms in total. The van der Waals surface area contributed by atoms with Crippen LogP contribution in [0.2, 0.25) is 0 Å². The topological polar surface area (TPSA) is 73.0 Å². The van der Waals surface area contributed by atoms with Gasteiger partial charge in [0.2, 0.25) is 0 Å². The zero-order valence-corrected chi connectivity index (χ0v) is 10.7. The van der Waals surface area contributed by atoms with Crippen LogP contribution < -0.4 is 5.32 Å². The molecule has 0 atom stereocenters. The van der Waals surface area contributed by atoms with Gasteiger partial charge in [0.15, 0.2) is 5.69 Å². The van der Waals surface area contributed by atoms with Gasteiger partial charge < -0.3 is 9.84 Å². The lowest BCUT2D eigenvalue weighted by Crippen LogP contribution is -2.16. The van der Waals surface area contributed by atoms with Gasteiger partial charge in [0, 0.05) is 18.2 Å². The van der Waals surface area contributed by atoms with Gasteiger partial charge >= 0.3 is 0 Å². The van der Waals surface area contributed by atoms with E-state index in [1.54, 1.807) is 23.9 Å². The molecule has 2 heterocycles. The summed E-state index contributed by atoms with van der Waals surface area (Å²) in [6.07, 6.45) is 2.69. The molecule has 0 unspecified atom stereocenters. The summed E-state index contributed by atoms with van der Waals surface area (Å²) in [6.45, 7) is 6.48. The maximum Gasteiger partial charge on any atom is 0.279 e. The third-order valence-electron chi connectivity index (χ3n) is 2.55. The number of amides is 1. The van der Waals surface area contributed by atoms with Crippen LogP contribution in [0.25, 0.3) is 0 Å². The van der Waals surface area contributed by atoms with Gasteiger partial charge in [-0.1, -0.05) is 12.1 Å². The largest absolute Gasteiger partial charge is 0.361 e. The fourth-order valence-corrected chi connectivity index (χ4v) is 1.67. The third kappa shape index (κ3) is 2.42. The molecule has 0 saturated heterocycles. The van der Waals surface area contributed by atoms with Gasteiger partial charge in [-0.05, 0) is 20.3 Å². The summed E-state index contributed by atoms with van der Waals surface area (Å²) in [6, 6.07) is 1.60. The summed E-state index contributed by atoms with van der Waals surface area (Å²) in [5, 5.41) is 10.7. The van der Waals surface area contributed by atoms with Gasteiger partial charge in [0.05, 0.1) is 6.20 Å². The monoisotopic (exact) mass is 248 g/mol. The minimum Gasteiger partial charge on any atom is -0.361 e. The average Bonchev–Trinajstić information content (AvgIpc) is 2.90. The molecule has 0 aliphatic rings. The molecule has 2 aromatic heterocycles. The molecule has 1 amide bonds. The van der Waals surface area contributed by atoms with E-state index in [0.717, 1.165) is 18.5 Å². The van der Waals surface area contributed by atoms with E-state index in [9.17, 15) is 4.79 Å².